The van der Waals surface area contributed by atoms with E-state index in [-0.39, 0.29) is 24.2 Å². The Kier molecular flexibility index (Phi) is 8.25. The molecule has 0 unspecified atom stereocenters. The second kappa shape index (κ2) is 11.5. The molecule has 2 amide bonds. The normalized spacial score (nSPS) is 20.0. The molecule has 2 saturated heterocycles. The van der Waals surface area contributed by atoms with Crippen LogP contribution in [0.15, 0.2) is 48.5 Å². The lowest BCUT2D eigenvalue weighted by Crippen LogP contribution is -2.42. The number of aryl methyl sites for hydroxylation is 1. The van der Waals surface area contributed by atoms with Crippen LogP contribution in [0.3, 0.4) is 0 Å². The molecule has 1 N–H and O–H groups in total. The topological polar surface area (TPSA) is 88.2 Å². The van der Waals surface area contributed by atoms with Gasteiger partial charge in [-0.1, -0.05) is 24.3 Å². The Morgan fingerprint density at radius 1 is 1.09 bits per heavy atom. The van der Waals surface area contributed by atoms with Crippen LogP contribution in [0.1, 0.15) is 28.8 Å². The fourth-order valence-electron chi connectivity index (χ4n) is 4.11. The van der Waals surface area contributed by atoms with Gasteiger partial charge in [0.25, 0.3) is 0 Å². The molecular weight excluding hydrogens is 473 g/mol. The summed E-state index contributed by atoms with van der Waals surface area (Å²) in [5, 5.41) is 2.55. The molecule has 186 valence electrons. The number of thiol groups is 1. The Balaban J connectivity index is 1.20. The standard InChI is InChI=1S/C25H28FN3O5S/c26-22-16-33-13-12-28(22)19-8-10-20(11-9-19)29-15-21(34-25(29)32)14-27-23(30)3-1-2-17-4-6-18(7-5-17)24(31)35/h4-11,21-22H,1-3,12-16H2,(H,27,30)(H,31,35)/t21-,22+/m0/s1. The number of hydrogen-bond donors (Lipinski definition) is 2. The fraction of sp³-hybridized carbons (Fsp3) is 0.400. The molecule has 0 saturated carbocycles. The van der Waals surface area contributed by atoms with Gasteiger partial charge in [-0.3, -0.25) is 14.5 Å². The summed E-state index contributed by atoms with van der Waals surface area (Å²) in [6.45, 7) is 1.53. The molecule has 8 nitrogen and oxygen atoms in total. The van der Waals surface area contributed by atoms with Gasteiger partial charge >= 0.3 is 6.09 Å². The molecule has 2 aromatic rings. The lowest BCUT2D eigenvalue weighted by Gasteiger charge is -2.32. The maximum atomic E-state index is 14.1. The first kappa shape index (κ1) is 25.0. The second-order valence-electron chi connectivity index (χ2n) is 8.50. The van der Waals surface area contributed by atoms with Gasteiger partial charge in [-0.15, -0.1) is 12.6 Å². The molecule has 0 radical (unpaired) electrons. The largest absolute Gasteiger partial charge is 0.442 e. The van der Waals surface area contributed by atoms with E-state index in [2.05, 4.69) is 17.9 Å². The van der Waals surface area contributed by atoms with Gasteiger partial charge in [0.05, 0.1) is 26.3 Å². The Hall–Kier alpha value is -3.11. The van der Waals surface area contributed by atoms with Crippen molar-refractivity contribution in [1.82, 2.24) is 5.32 Å². The molecule has 2 atom stereocenters. The van der Waals surface area contributed by atoms with Gasteiger partial charge in [-0.05, 0) is 42.7 Å². The maximum Gasteiger partial charge on any atom is 0.414 e. The van der Waals surface area contributed by atoms with Gasteiger partial charge in [-0.25, -0.2) is 9.18 Å². The highest BCUT2D eigenvalue weighted by Gasteiger charge is 2.32. The minimum atomic E-state index is -1.19. The van der Waals surface area contributed by atoms with Crippen LogP contribution in [0.2, 0.25) is 0 Å². The van der Waals surface area contributed by atoms with E-state index >= 15 is 0 Å². The number of carbonyl (C=O) groups is 3. The number of nitrogens with one attached hydrogen (secondary N) is 1. The van der Waals surface area contributed by atoms with E-state index in [0.717, 1.165) is 11.3 Å². The molecule has 2 aliphatic heterocycles. The summed E-state index contributed by atoms with van der Waals surface area (Å²) < 4.78 is 24.6. The Morgan fingerprint density at radius 3 is 2.49 bits per heavy atom. The van der Waals surface area contributed by atoms with Crippen LogP contribution in [0, 0.1) is 0 Å². The number of hydrogen-bond acceptors (Lipinski definition) is 6. The lowest BCUT2D eigenvalue weighted by molar-refractivity contribution is -0.121. The highest BCUT2D eigenvalue weighted by Crippen LogP contribution is 2.27. The molecule has 2 aliphatic rings. The number of nitrogens with zero attached hydrogens (tertiary/aromatic N) is 2. The van der Waals surface area contributed by atoms with Crippen molar-refractivity contribution in [3.05, 3.63) is 59.7 Å². The zero-order chi connectivity index (χ0) is 24.8. The number of alkyl halides is 1. The van der Waals surface area contributed by atoms with Gasteiger partial charge in [0.1, 0.15) is 6.10 Å². The van der Waals surface area contributed by atoms with Gasteiger partial charge < -0.3 is 19.7 Å². The van der Waals surface area contributed by atoms with E-state index in [0.29, 0.717) is 50.2 Å². The minimum Gasteiger partial charge on any atom is -0.442 e. The van der Waals surface area contributed by atoms with Crippen molar-refractivity contribution >= 4 is 41.1 Å². The third kappa shape index (κ3) is 6.52. The van der Waals surface area contributed by atoms with E-state index in [1.165, 1.54) is 4.90 Å². The molecule has 0 aromatic heterocycles. The number of cyclic esters (lactones) is 1. The summed E-state index contributed by atoms with van der Waals surface area (Å²) >= 11 is 3.79. The number of amides is 2. The number of anilines is 2. The highest BCUT2D eigenvalue weighted by atomic mass is 32.1. The predicted molar refractivity (Wildman–Crippen MR) is 133 cm³/mol. The van der Waals surface area contributed by atoms with E-state index in [1.54, 1.807) is 41.3 Å². The summed E-state index contributed by atoms with van der Waals surface area (Å²) in [4.78, 5) is 38.9. The summed E-state index contributed by atoms with van der Waals surface area (Å²) in [7, 11) is 0. The van der Waals surface area contributed by atoms with Crippen molar-refractivity contribution in [1.29, 1.82) is 0 Å². The number of rotatable bonds is 9. The fourth-order valence-corrected chi connectivity index (χ4v) is 4.26. The third-order valence-corrected chi connectivity index (χ3v) is 6.29. The Labute approximate surface area is 208 Å². The van der Waals surface area contributed by atoms with E-state index < -0.39 is 18.5 Å². The lowest BCUT2D eigenvalue weighted by atomic mass is 10.1. The SMILES string of the molecule is O=C(CCCc1ccc(C(=O)S)cc1)NC[C@H]1CN(c2ccc(N3CCOC[C@@H]3F)cc2)C(=O)O1. The monoisotopic (exact) mass is 501 g/mol. The van der Waals surface area contributed by atoms with Gasteiger partial charge in [0.2, 0.25) is 11.0 Å². The second-order valence-corrected chi connectivity index (χ2v) is 8.90. The predicted octanol–water partition coefficient (Wildman–Crippen LogP) is 3.35. The van der Waals surface area contributed by atoms with Crippen LogP contribution in [-0.4, -0.2) is 62.4 Å². The molecule has 2 fully saturated rings. The van der Waals surface area contributed by atoms with Crippen LogP contribution in [0.5, 0.6) is 0 Å². The first-order chi connectivity index (χ1) is 16.9. The van der Waals surface area contributed by atoms with Crippen LogP contribution < -0.4 is 15.1 Å². The number of halogens is 1. The van der Waals surface area contributed by atoms with Crippen molar-refractivity contribution in [3.8, 4) is 0 Å². The molecule has 35 heavy (non-hydrogen) atoms. The van der Waals surface area contributed by atoms with Gasteiger partial charge in [0.15, 0.2) is 6.30 Å². The van der Waals surface area contributed by atoms with Crippen LogP contribution in [0.4, 0.5) is 20.6 Å². The molecule has 0 bridgehead atoms. The van der Waals surface area contributed by atoms with Crippen molar-refractivity contribution in [3.63, 3.8) is 0 Å². The molecule has 0 spiro atoms. The van der Waals surface area contributed by atoms with Gasteiger partial charge in [0, 0.05) is 29.9 Å². The summed E-state index contributed by atoms with van der Waals surface area (Å²) in [5.41, 5.74) is 2.96. The van der Waals surface area contributed by atoms with E-state index in [4.69, 9.17) is 9.47 Å². The van der Waals surface area contributed by atoms with Crippen molar-refractivity contribution in [2.45, 2.75) is 31.7 Å². The minimum absolute atomic E-state index is 0.0409. The van der Waals surface area contributed by atoms with Crippen molar-refractivity contribution in [2.24, 2.45) is 0 Å². The molecule has 0 aliphatic carbocycles. The molecule has 2 aromatic carbocycles. The Morgan fingerprint density at radius 2 is 1.80 bits per heavy atom. The summed E-state index contributed by atoms with van der Waals surface area (Å²) in [6.07, 6.45) is -0.405. The van der Waals surface area contributed by atoms with Crippen LogP contribution in [-0.2, 0) is 20.7 Å². The zero-order valence-electron chi connectivity index (χ0n) is 19.2. The first-order valence-corrected chi connectivity index (χ1v) is 12.0. The average Bonchev–Trinajstić information content (AvgIpc) is 3.24. The molecular formula is C25H28FN3O5S. The Bertz CT molecular complexity index is 1050. The average molecular weight is 502 g/mol. The number of morpholine rings is 1. The molecule has 10 heteroatoms. The zero-order valence-corrected chi connectivity index (χ0v) is 20.1. The van der Waals surface area contributed by atoms with Crippen molar-refractivity contribution < 1.29 is 28.2 Å². The summed E-state index contributed by atoms with van der Waals surface area (Å²) in [5.74, 6) is -0.114. The van der Waals surface area contributed by atoms with E-state index in [9.17, 15) is 18.8 Å². The third-order valence-electron chi connectivity index (χ3n) is 6.03. The van der Waals surface area contributed by atoms with Crippen LogP contribution in [0.25, 0.3) is 0 Å². The summed E-state index contributed by atoms with van der Waals surface area (Å²) in [6, 6.07) is 14.2. The quantitative estimate of drug-likeness (QED) is 0.405. The maximum absolute atomic E-state index is 14.1. The van der Waals surface area contributed by atoms with Crippen molar-refractivity contribution in [2.75, 3.05) is 42.6 Å². The smallest absolute Gasteiger partial charge is 0.414 e. The number of benzene rings is 2. The van der Waals surface area contributed by atoms with Crippen LogP contribution >= 0.6 is 12.6 Å². The molecule has 4 rings (SSSR count). The highest BCUT2D eigenvalue weighted by molar-refractivity contribution is 7.97. The van der Waals surface area contributed by atoms with Gasteiger partial charge in [-0.2, -0.15) is 0 Å². The van der Waals surface area contributed by atoms with E-state index in [1.807, 2.05) is 12.1 Å². The first-order valence-electron chi connectivity index (χ1n) is 11.6. The molecule has 2 heterocycles. The number of ether oxygens (including phenoxy) is 2. The number of carbonyl (C=O) groups excluding carboxylic acids is 3.